The highest BCUT2D eigenvalue weighted by molar-refractivity contribution is 9.10. The largest absolute Gasteiger partial charge is 0.382 e. The molecular weight excluding hydrogens is 428 g/mol. The zero-order valence-electron chi connectivity index (χ0n) is 8.34. The fourth-order valence-electron chi connectivity index (χ4n) is 1.18. The van der Waals surface area contributed by atoms with Gasteiger partial charge in [0.25, 0.3) is 0 Å². The SMILES string of the molecule is CS(=O)(=O)Oc1ccc(Br)c(CBr)c1CBr. The lowest BCUT2D eigenvalue weighted by atomic mass is 10.1. The van der Waals surface area contributed by atoms with Crippen LogP contribution in [0.5, 0.6) is 5.75 Å². The fourth-order valence-corrected chi connectivity index (χ4v) is 3.80. The third-order valence-corrected chi connectivity index (χ3v) is 4.19. The van der Waals surface area contributed by atoms with Crippen LogP contribution in [0, 0.1) is 0 Å². The minimum atomic E-state index is -3.50. The van der Waals surface area contributed by atoms with Gasteiger partial charge in [0.1, 0.15) is 5.75 Å². The fraction of sp³-hybridized carbons (Fsp3) is 0.333. The number of halogens is 3. The Bertz CT molecular complexity index is 485. The van der Waals surface area contributed by atoms with E-state index >= 15 is 0 Å². The first kappa shape index (κ1) is 14.5. The lowest BCUT2D eigenvalue weighted by molar-refractivity contribution is 0.490. The normalized spacial score (nSPS) is 11.5. The van der Waals surface area contributed by atoms with E-state index in [1.54, 1.807) is 12.1 Å². The van der Waals surface area contributed by atoms with Gasteiger partial charge < -0.3 is 4.18 Å². The average Bonchev–Trinajstić information content (AvgIpc) is 2.18. The Morgan fingerprint density at radius 1 is 1.19 bits per heavy atom. The maximum absolute atomic E-state index is 11.1. The molecule has 0 radical (unpaired) electrons. The molecule has 0 amide bonds. The molecule has 0 fully saturated rings. The Kier molecular flexibility index (Phi) is 5.28. The van der Waals surface area contributed by atoms with Gasteiger partial charge in [-0.1, -0.05) is 47.8 Å². The molecule has 1 aromatic carbocycles. The first-order valence-corrected chi connectivity index (χ1v) is 9.06. The molecule has 0 aliphatic carbocycles. The Balaban J connectivity index is 3.30. The first-order valence-electron chi connectivity index (χ1n) is 4.20. The predicted octanol–water partition coefficient (Wildman–Crippen LogP) is 3.58. The molecule has 7 heteroatoms. The van der Waals surface area contributed by atoms with Gasteiger partial charge in [-0.2, -0.15) is 8.42 Å². The van der Waals surface area contributed by atoms with Crippen LogP contribution in [-0.2, 0) is 20.8 Å². The molecule has 90 valence electrons. The van der Waals surface area contributed by atoms with Crippen molar-refractivity contribution in [2.75, 3.05) is 6.26 Å². The second-order valence-electron chi connectivity index (χ2n) is 3.06. The van der Waals surface area contributed by atoms with Crippen LogP contribution in [0.1, 0.15) is 11.1 Å². The topological polar surface area (TPSA) is 43.4 Å². The highest BCUT2D eigenvalue weighted by Crippen LogP contribution is 2.33. The molecule has 0 atom stereocenters. The molecule has 0 spiro atoms. The number of benzene rings is 1. The first-order chi connectivity index (χ1) is 7.39. The van der Waals surface area contributed by atoms with E-state index in [1.807, 2.05) is 0 Å². The van der Waals surface area contributed by atoms with Gasteiger partial charge in [0.2, 0.25) is 0 Å². The average molecular weight is 437 g/mol. The van der Waals surface area contributed by atoms with Gasteiger partial charge in [0.15, 0.2) is 0 Å². The van der Waals surface area contributed by atoms with Crippen molar-refractivity contribution in [1.82, 2.24) is 0 Å². The van der Waals surface area contributed by atoms with Crippen LogP contribution < -0.4 is 4.18 Å². The van der Waals surface area contributed by atoms with Crippen LogP contribution in [0.2, 0.25) is 0 Å². The van der Waals surface area contributed by atoms with Crippen LogP contribution in [0.25, 0.3) is 0 Å². The van der Waals surface area contributed by atoms with Crippen molar-refractivity contribution < 1.29 is 12.6 Å². The molecule has 0 heterocycles. The van der Waals surface area contributed by atoms with Gasteiger partial charge in [0.05, 0.1) is 6.26 Å². The summed E-state index contributed by atoms with van der Waals surface area (Å²) < 4.78 is 28.0. The maximum atomic E-state index is 11.1. The quantitative estimate of drug-likeness (QED) is 0.535. The molecule has 0 saturated heterocycles. The number of hydrogen-bond donors (Lipinski definition) is 0. The van der Waals surface area contributed by atoms with Crippen molar-refractivity contribution in [3.63, 3.8) is 0 Å². The zero-order valence-corrected chi connectivity index (χ0v) is 13.9. The summed E-state index contributed by atoms with van der Waals surface area (Å²) in [7, 11) is -3.50. The van der Waals surface area contributed by atoms with E-state index in [2.05, 4.69) is 47.8 Å². The van der Waals surface area contributed by atoms with Gasteiger partial charge in [-0.15, -0.1) is 0 Å². The van der Waals surface area contributed by atoms with Crippen LogP contribution in [0.4, 0.5) is 0 Å². The smallest absolute Gasteiger partial charge is 0.306 e. The van der Waals surface area contributed by atoms with E-state index < -0.39 is 10.1 Å². The van der Waals surface area contributed by atoms with Crippen molar-refractivity contribution in [2.24, 2.45) is 0 Å². The molecule has 0 aliphatic heterocycles. The molecule has 3 nitrogen and oxygen atoms in total. The van der Waals surface area contributed by atoms with E-state index in [4.69, 9.17) is 4.18 Å². The second-order valence-corrected chi connectivity index (χ2v) is 6.61. The number of alkyl halides is 2. The minimum Gasteiger partial charge on any atom is -0.382 e. The number of hydrogen-bond acceptors (Lipinski definition) is 3. The van der Waals surface area contributed by atoms with Gasteiger partial charge in [-0.25, -0.2) is 0 Å². The molecule has 0 aliphatic rings. The summed E-state index contributed by atoms with van der Waals surface area (Å²) >= 11 is 10.1. The molecular formula is C9H9Br3O3S. The van der Waals surface area contributed by atoms with Crippen molar-refractivity contribution in [2.45, 2.75) is 10.7 Å². The van der Waals surface area contributed by atoms with Crippen molar-refractivity contribution in [1.29, 1.82) is 0 Å². The molecule has 1 aromatic rings. The highest BCUT2D eigenvalue weighted by Gasteiger charge is 2.14. The zero-order chi connectivity index (χ0) is 12.3. The van der Waals surface area contributed by atoms with Crippen molar-refractivity contribution >= 4 is 57.9 Å². The summed E-state index contributed by atoms with van der Waals surface area (Å²) in [6.07, 6.45) is 1.03. The summed E-state index contributed by atoms with van der Waals surface area (Å²) in [6.45, 7) is 0. The van der Waals surface area contributed by atoms with E-state index in [-0.39, 0.29) is 0 Å². The Morgan fingerprint density at radius 3 is 2.19 bits per heavy atom. The van der Waals surface area contributed by atoms with Crippen LogP contribution in [-0.4, -0.2) is 14.7 Å². The summed E-state index contributed by atoms with van der Waals surface area (Å²) in [6, 6.07) is 3.40. The molecule has 0 unspecified atom stereocenters. The standard InChI is InChI=1S/C9H9Br3O3S/c1-16(13,14)15-9-3-2-8(12)6(4-10)7(9)5-11/h2-3H,4-5H2,1H3. The van der Waals surface area contributed by atoms with Crippen molar-refractivity contribution in [3.8, 4) is 5.75 Å². The lowest BCUT2D eigenvalue weighted by Gasteiger charge is -2.12. The molecule has 1 rings (SSSR count). The van der Waals surface area contributed by atoms with Gasteiger partial charge >= 0.3 is 10.1 Å². The van der Waals surface area contributed by atoms with Crippen LogP contribution in [0.3, 0.4) is 0 Å². The Labute approximate surface area is 120 Å². The van der Waals surface area contributed by atoms with E-state index in [0.29, 0.717) is 16.4 Å². The third-order valence-electron chi connectivity index (χ3n) is 1.84. The maximum Gasteiger partial charge on any atom is 0.306 e. The van der Waals surface area contributed by atoms with E-state index in [0.717, 1.165) is 21.9 Å². The molecule has 0 saturated carbocycles. The highest BCUT2D eigenvalue weighted by atomic mass is 79.9. The lowest BCUT2D eigenvalue weighted by Crippen LogP contribution is -2.08. The summed E-state index contributed by atoms with van der Waals surface area (Å²) in [5.41, 5.74) is 1.79. The van der Waals surface area contributed by atoms with Crippen LogP contribution in [0.15, 0.2) is 16.6 Å². The van der Waals surface area contributed by atoms with Gasteiger partial charge in [0, 0.05) is 20.7 Å². The summed E-state index contributed by atoms with van der Waals surface area (Å²) in [4.78, 5) is 0. The van der Waals surface area contributed by atoms with E-state index in [1.165, 1.54) is 0 Å². The van der Waals surface area contributed by atoms with Gasteiger partial charge in [-0.05, 0) is 17.7 Å². The molecule has 16 heavy (non-hydrogen) atoms. The third kappa shape index (κ3) is 3.72. The predicted molar refractivity (Wildman–Crippen MR) is 74.9 cm³/mol. The molecule has 0 N–H and O–H groups in total. The van der Waals surface area contributed by atoms with Gasteiger partial charge in [-0.3, -0.25) is 0 Å². The Hall–Kier alpha value is 0.410. The van der Waals surface area contributed by atoms with Crippen molar-refractivity contribution in [3.05, 3.63) is 27.7 Å². The molecule has 0 bridgehead atoms. The van der Waals surface area contributed by atoms with Crippen LogP contribution >= 0.6 is 47.8 Å². The van der Waals surface area contributed by atoms with E-state index in [9.17, 15) is 8.42 Å². The monoisotopic (exact) mass is 434 g/mol. The summed E-state index contributed by atoms with van der Waals surface area (Å²) in [5, 5.41) is 1.15. The minimum absolute atomic E-state index is 0.358. The number of rotatable bonds is 4. The Morgan fingerprint density at radius 2 is 1.75 bits per heavy atom. The second kappa shape index (κ2) is 5.84. The summed E-state index contributed by atoms with van der Waals surface area (Å²) in [5.74, 6) is 0.358. The molecule has 0 aromatic heterocycles.